The molecule has 1 atom stereocenters. The van der Waals surface area contributed by atoms with Gasteiger partial charge in [-0.1, -0.05) is 6.07 Å². The average molecular weight is 388 g/mol. The zero-order valence-electron chi connectivity index (χ0n) is 16.4. The summed E-state index contributed by atoms with van der Waals surface area (Å²) in [4.78, 5) is 28.7. The van der Waals surface area contributed by atoms with Crippen LogP contribution in [0.2, 0.25) is 0 Å². The van der Waals surface area contributed by atoms with Crippen LogP contribution in [-0.2, 0) is 14.3 Å². The van der Waals surface area contributed by atoms with Crippen LogP contribution in [0, 0.1) is 5.92 Å². The summed E-state index contributed by atoms with van der Waals surface area (Å²) < 4.78 is 16.2. The van der Waals surface area contributed by atoms with Gasteiger partial charge in [0.15, 0.2) is 11.5 Å². The van der Waals surface area contributed by atoms with Crippen LogP contribution in [0.1, 0.15) is 37.3 Å². The van der Waals surface area contributed by atoms with E-state index in [0.717, 1.165) is 30.9 Å². The standard InChI is InChI=1S/C21H28N2O5/c1-26-21(25)15-6-9-22(10-7-15)20(24)14-23-8-2-3-17(23)16-4-5-18-19(13-16)28-12-11-27-18/h4-5,13,15,17H,2-3,6-12,14H2,1H3. The van der Waals surface area contributed by atoms with Crippen molar-refractivity contribution in [3.05, 3.63) is 23.8 Å². The van der Waals surface area contributed by atoms with Crippen molar-refractivity contribution in [3.8, 4) is 11.5 Å². The number of likely N-dealkylation sites (tertiary alicyclic amines) is 2. The number of hydrogen-bond donors (Lipinski definition) is 0. The SMILES string of the molecule is COC(=O)C1CCN(C(=O)CN2CCCC2c2ccc3c(c2)OCCO3)CC1. The highest BCUT2D eigenvalue weighted by molar-refractivity contribution is 5.79. The quantitative estimate of drug-likeness (QED) is 0.735. The maximum Gasteiger partial charge on any atom is 0.308 e. The number of hydrogen-bond acceptors (Lipinski definition) is 6. The molecule has 0 saturated carbocycles. The molecular weight excluding hydrogens is 360 g/mol. The van der Waals surface area contributed by atoms with Crippen LogP contribution in [0.25, 0.3) is 0 Å². The first kappa shape index (κ1) is 19.1. The second-order valence-electron chi connectivity index (χ2n) is 7.71. The van der Waals surface area contributed by atoms with Gasteiger partial charge in [0.2, 0.25) is 5.91 Å². The van der Waals surface area contributed by atoms with Crippen molar-refractivity contribution in [1.29, 1.82) is 0 Å². The van der Waals surface area contributed by atoms with Crippen LogP contribution in [-0.4, -0.2) is 68.2 Å². The van der Waals surface area contributed by atoms with Gasteiger partial charge in [0.1, 0.15) is 13.2 Å². The number of methoxy groups -OCH3 is 1. The fraction of sp³-hybridized carbons (Fsp3) is 0.619. The van der Waals surface area contributed by atoms with Crippen molar-refractivity contribution in [1.82, 2.24) is 9.80 Å². The highest BCUT2D eigenvalue weighted by atomic mass is 16.6. The van der Waals surface area contributed by atoms with E-state index in [1.807, 2.05) is 11.0 Å². The van der Waals surface area contributed by atoms with Crippen molar-refractivity contribution < 1.29 is 23.8 Å². The van der Waals surface area contributed by atoms with E-state index in [1.54, 1.807) is 0 Å². The van der Waals surface area contributed by atoms with E-state index in [9.17, 15) is 9.59 Å². The normalized spacial score (nSPS) is 22.9. The van der Waals surface area contributed by atoms with Gasteiger partial charge < -0.3 is 19.1 Å². The summed E-state index contributed by atoms with van der Waals surface area (Å²) in [5.41, 5.74) is 1.18. The molecule has 1 unspecified atom stereocenters. The largest absolute Gasteiger partial charge is 0.486 e. The molecule has 1 aromatic carbocycles. The molecule has 2 fully saturated rings. The van der Waals surface area contributed by atoms with E-state index in [-0.39, 0.29) is 23.8 Å². The maximum atomic E-state index is 12.8. The van der Waals surface area contributed by atoms with E-state index in [0.29, 0.717) is 45.7 Å². The number of piperidine rings is 1. The van der Waals surface area contributed by atoms with E-state index in [4.69, 9.17) is 14.2 Å². The number of carbonyl (C=O) groups is 2. The van der Waals surface area contributed by atoms with Crippen LogP contribution < -0.4 is 9.47 Å². The maximum absolute atomic E-state index is 12.8. The lowest BCUT2D eigenvalue weighted by atomic mass is 9.97. The van der Waals surface area contributed by atoms with Gasteiger partial charge in [-0.15, -0.1) is 0 Å². The smallest absolute Gasteiger partial charge is 0.308 e. The summed E-state index contributed by atoms with van der Waals surface area (Å²) in [5, 5.41) is 0. The number of fused-ring (bicyclic) bond motifs is 1. The molecule has 28 heavy (non-hydrogen) atoms. The third kappa shape index (κ3) is 3.94. The summed E-state index contributed by atoms with van der Waals surface area (Å²) in [6, 6.07) is 6.35. The Balaban J connectivity index is 1.36. The lowest BCUT2D eigenvalue weighted by Crippen LogP contribution is -2.45. The van der Waals surface area contributed by atoms with E-state index in [2.05, 4.69) is 17.0 Å². The fourth-order valence-corrected chi connectivity index (χ4v) is 4.47. The summed E-state index contributed by atoms with van der Waals surface area (Å²) in [6.45, 7) is 3.75. The van der Waals surface area contributed by atoms with Gasteiger partial charge in [-0.05, 0) is 49.9 Å². The van der Waals surface area contributed by atoms with Gasteiger partial charge >= 0.3 is 5.97 Å². The number of ether oxygens (including phenoxy) is 3. The van der Waals surface area contributed by atoms with Crippen LogP contribution in [0.5, 0.6) is 11.5 Å². The molecule has 1 aromatic rings. The number of benzene rings is 1. The molecule has 0 aromatic heterocycles. The summed E-state index contributed by atoms with van der Waals surface area (Å²) in [6.07, 6.45) is 3.49. The number of rotatable bonds is 4. The molecular formula is C21H28N2O5. The molecule has 0 N–H and O–H groups in total. The van der Waals surface area contributed by atoms with Crippen molar-refractivity contribution in [2.24, 2.45) is 5.92 Å². The second kappa shape index (κ2) is 8.39. The molecule has 0 bridgehead atoms. The highest BCUT2D eigenvalue weighted by Crippen LogP contribution is 2.38. The minimum absolute atomic E-state index is 0.0775. The van der Waals surface area contributed by atoms with Gasteiger partial charge in [-0.2, -0.15) is 0 Å². The molecule has 0 aliphatic carbocycles. The first-order valence-corrected chi connectivity index (χ1v) is 10.1. The van der Waals surface area contributed by atoms with Crippen molar-refractivity contribution >= 4 is 11.9 Å². The Kier molecular flexibility index (Phi) is 5.71. The van der Waals surface area contributed by atoms with Crippen LogP contribution in [0.4, 0.5) is 0 Å². The summed E-state index contributed by atoms with van der Waals surface area (Å²) in [7, 11) is 1.42. The molecule has 152 valence electrons. The van der Waals surface area contributed by atoms with E-state index in [1.165, 1.54) is 12.7 Å². The Morgan fingerprint density at radius 3 is 2.57 bits per heavy atom. The molecule has 3 aliphatic rings. The fourth-order valence-electron chi connectivity index (χ4n) is 4.47. The Morgan fingerprint density at radius 2 is 1.82 bits per heavy atom. The molecule has 3 aliphatic heterocycles. The Bertz CT molecular complexity index is 730. The Labute approximate surface area is 165 Å². The van der Waals surface area contributed by atoms with Gasteiger partial charge in [0.05, 0.1) is 19.6 Å². The summed E-state index contributed by atoms with van der Waals surface area (Å²) >= 11 is 0. The van der Waals surface area contributed by atoms with Crippen molar-refractivity contribution in [2.75, 3.05) is 46.5 Å². The predicted molar refractivity (Wildman–Crippen MR) is 102 cm³/mol. The van der Waals surface area contributed by atoms with E-state index >= 15 is 0 Å². The van der Waals surface area contributed by atoms with Crippen molar-refractivity contribution in [3.63, 3.8) is 0 Å². The third-order valence-electron chi connectivity index (χ3n) is 6.04. The van der Waals surface area contributed by atoms with Gasteiger partial charge in [0, 0.05) is 19.1 Å². The molecule has 3 heterocycles. The summed E-state index contributed by atoms with van der Waals surface area (Å²) in [5.74, 6) is 1.50. The highest BCUT2D eigenvalue weighted by Gasteiger charge is 2.32. The molecule has 1 amide bonds. The van der Waals surface area contributed by atoms with Gasteiger partial charge in [-0.25, -0.2) is 0 Å². The average Bonchev–Trinajstić information content (AvgIpc) is 3.21. The van der Waals surface area contributed by atoms with Gasteiger partial charge in [-0.3, -0.25) is 14.5 Å². The molecule has 0 radical (unpaired) electrons. The number of carbonyl (C=O) groups excluding carboxylic acids is 2. The minimum Gasteiger partial charge on any atom is -0.486 e. The van der Waals surface area contributed by atoms with Crippen molar-refractivity contribution in [2.45, 2.75) is 31.7 Å². The zero-order valence-corrected chi connectivity index (χ0v) is 16.4. The number of amides is 1. The van der Waals surface area contributed by atoms with Crippen LogP contribution in [0.15, 0.2) is 18.2 Å². The van der Waals surface area contributed by atoms with E-state index < -0.39 is 0 Å². The molecule has 7 nitrogen and oxygen atoms in total. The lowest BCUT2D eigenvalue weighted by Gasteiger charge is -2.33. The molecule has 7 heteroatoms. The first-order valence-electron chi connectivity index (χ1n) is 10.1. The monoisotopic (exact) mass is 388 g/mol. The molecule has 4 rings (SSSR count). The van der Waals surface area contributed by atoms with Crippen LogP contribution >= 0.6 is 0 Å². The topological polar surface area (TPSA) is 68.3 Å². The zero-order chi connectivity index (χ0) is 19.5. The molecule has 2 saturated heterocycles. The number of esters is 1. The first-order chi connectivity index (χ1) is 13.7. The third-order valence-corrected chi connectivity index (χ3v) is 6.04. The lowest BCUT2D eigenvalue weighted by molar-refractivity contribution is -0.149. The minimum atomic E-state index is -0.162. The molecule has 0 spiro atoms. The number of nitrogens with zero attached hydrogens (tertiary/aromatic N) is 2. The predicted octanol–water partition coefficient (Wildman–Crippen LogP) is 2.01. The Morgan fingerprint density at radius 1 is 1.07 bits per heavy atom. The Hall–Kier alpha value is -2.28. The second-order valence-corrected chi connectivity index (χ2v) is 7.71. The van der Waals surface area contributed by atoms with Crippen LogP contribution in [0.3, 0.4) is 0 Å². The van der Waals surface area contributed by atoms with Gasteiger partial charge in [0.25, 0.3) is 0 Å².